The Morgan fingerprint density at radius 1 is 1.00 bits per heavy atom. The number of β-amino-alcohol motifs (C(OH)–C–C–N with tert-alkyl or cyclic N) is 1. The summed E-state index contributed by atoms with van der Waals surface area (Å²) in [5.41, 5.74) is -0.255. The summed E-state index contributed by atoms with van der Waals surface area (Å²) in [4.78, 5) is 4.66. The smallest absolute Gasteiger partial charge is 0.0950 e. The Morgan fingerprint density at radius 3 is 2.31 bits per heavy atom. The van der Waals surface area contributed by atoms with Gasteiger partial charge in [0.2, 0.25) is 0 Å². The first-order chi connectivity index (χ1) is 16.4. The number of aliphatic hydroxyl groups is 3. The summed E-state index contributed by atoms with van der Waals surface area (Å²) in [6.07, 6.45) is 6.00. The molecule has 35 heavy (non-hydrogen) atoms. The molecule has 3 N–H and O–H groups in total. The first-order valence-corrected chi connectivity index (χ1v) is 14.0. The van der Waals surface area contributed by atoms with E-state index in [1.54, 1.807) is 6.92 Å². The molecule has 3 fully saturated rings. The van der Waals surface area contributed by atoms with Crippen molar-refractivity contribution in [2.45, 2.75) is 96.9 Å². The summed E-state index contributed by atoms with van der Waals surface area (Å²) in [5.74, 6) is 0.742. The third-order valence-corrected chi connectivity index (χ3v) is 10.3. The quantitative estimate of drug-likeness (QED) is 0.522. The summed E-state index contributed by atoms with van der Waals surface area (Å²) < 4.78 is 0. The molecular formula is C30H50N2O3. The van der Waals surface area contributed by atoms with E-state index in [0.29, 0.717) is 24.3 Å². The zero-order chi connectivity index (χ0) is 25.5. The molecule has 1 aliphatic heterocycles. The number of rotatable bonds is 7. The van der Waals surface area contributed by atoms with Gasteiger partial charge < -0.3 is 20.2 Å². The van der Waals surface area contributed by atoms with Crippen LogP contribution in [0.5, 0.6) is 0 Å². The van der Waals surface area contributed by atoms with Crippen LogP contribution >= 0.6 is 0 Å². The Hall–Kier alpha value is -1.14. The summed E-state index contributed by atoms with van der Waals surface area (Å²) >= 11 is 0. The second-order valence-electron chi connectivity index (χ2n) is 13.4. The predicted octanol–water partition coefficient (Wildman–Crippen LogP) is 4.69. The van der Waals surface area contributed by atoms with Gasteiger partial charge in [0, 0.05) is 38.4 Å². The van der Waals surface area contributed by atoms with Gasteiger partial charge in [0.25, 0.3) is 0 Å². The van der Waals surface area contributed by atoms with Crippen LogP contribution in [0.2, 0.25) is 0 Å². The minimum Gasteiger partial charge on any atom is -0.390 e. The second kappa shape index (κ2) is 9.96. The number of aliphatic hydroxyl groups excluding tert-OH is 1. The van der Waals surface area contributed by atoms with Gasteiger partial charge in [0.15, 0.2) is 0 Å². The zero-order valence-electron chi connectivity index (χ0n) is 22.8. The molecule has 2 aliphatic carbocycles. The van der Waals surface area contributed by atoms with E-state index in [0.717, 1.165) is 51.9 Å². The van der Waals surface area contributed by atoms with Gasteiger partial charge in [-0.05, 0) is 87.2 Å². The van der Waals surface area contributed by atoms with E-state index >= 15 is 0 Å². The number of hydrogen-bond donors (Lipinski definition) is 3. The molecule has 1 saturated heterocycles. The number of benzene rings is 1. The molecule has 1 aromatic rings. The highest BCUT2D eigenvalue weighted by Gasteiger charge is 2.58. The molecule has 4 rings (SSSR count). The zero-order valence-corrected chi connectivity index (χ0v) is 22.8. The standard InChI is InChI=1S/C30H50N2O3/c1-27(2)14-9-15-28(3)24(27)12-16-29(4,34)25(28)13-17-30(5,35)26(33)22-31-18-20-32(21-19-31)23-10-7-6-8-11-23/h6-8,10-11,24-26,33-35H,9,12-22H2,1-5H3/t24?,25-,26?,28+,29-,30?/m1/s1. The van der Waals surface area contributed by atoms with E-state index < -0.39 is 17.3 Å². The van der Waals surface area contributed by atoms with Crippen LogP contribution in [0, 0.1) is 22.7 Å². The molecule has 0 aromatic heterocycles. The highest BCUT2D eigenvalue weighted by Crippen LogP contribution is 2.63. The number of hydrogen-bond acceptors (Lipinski definition) is 5. The summed E-state index contributed by atoms with van der Waals surface area (Å²) in [6, 6.07) is 10.5. The maximum Gasteiger partial charge on any atom is 0.0950 e. The molecule has 198 valence electrons. The molecule has 3 aliphatic rings. The Kier molecular flexibility index (Phi) is 7.66. The Labute approximate surface area is 213 Å². The van der Waals surface area contributed by atoms with Gasteiger partial charge in [0.05, 0.1) is 17.3 Å². The topological polar surface area (TPSA) is 67.2 Å². The van der Waals surface area contributed by atoms with Crippen molar-refractivity contribution in [2.75, 3.05) is 37.6 Å². The van der Waals surface area contributed by atoms with Crippen molar-refractivity contribution in [1.29, 1.82) is 0 Å². The van der Waals surface area contributed by atoms with E-state index in [1.807, 2.05) is 13.0 Å². The van der Waals surface area contributed by atoms with Crippen molar-refractivity contribution in [2.24, 2.45) is 22.7 Å². The highest BCUT2D eigenvalue weighted by atomic mass is 16.3. The lowest BCUT2D eigenvalue weighted by Crippen LogP contribution is -2.58. The van der Waals surface area contributed by atoms with Gasteiger partial charge >= 0.3 is 0 Å². The molecule has 6 atom stereocenters. The summed E-state index contributed by atoms with van der Waals surface area (Å²) in [7, 11) is 0. The molecule has 0 amide bonds. The monoisotopic (exact) mass is 486 g/mol. The molecular weight excluding hydrogens is 436 g/mol. The van der Waals surface area contributed by atoms with Crippen molar-refractivity contribution in [3.63, 3.8) is 0 Å². The molecule has 1 aromatic carbocycles. The van der Waals surface area contributed by atoms with Gasteiger partial charge in [0.1, 0.15) is 0 Å². The van der Waals surface area contributed by atoms with Crippen molar-refractivity contribution in [1.82, 2.24) is 4.90 Å². The van der Waals surface area contributed by atoms with Gasteiger partial charge in [-0.1, -0.05) is 45.4 Å². The Morgan fingerprint density at radius 2 is 1.66 bits per heavy atom. The van der Waals surface area contributed by atoms with Crippen molar-refractivity contribution < 1.29 is 15.3 Å². The summed E-state index contributed by atoms with van der Waals surface area (Å²) in [6.45, 7) is 15.1. The maximum absolute atomic E-state index is 11.5. The average molecular weight is 487 g/mol. The van der Waals surface area contributed by atoms with Crippen LogP contribution in [-0.4, -0.2) is 70.2 Å². The first kappa shape index (κ1) is 26.9. The van der Waals surface area contributed by atoms with E-state index in [4.69, 9.17) is 0 Å². The molecule has 0 spiro atoms. The first-order valence-electron chi connectivity index (χ1n) is 14.0. The van der Waals surface area contributed by atoms with Crippen LogP contribution < -0.4 is 4.90 Å². The van der Waals surface area contributed by atoms with Crippen molar-refractivity contribution in [3.05, 3.63) is 30.3 Å². The molecule has 5 nitrogen and oxygen atoms in total. The van der Waals surface area contributed by atoms with Crippen LogP contribution in [0.4, 0.5) is 5.69 Å². The SMILES string of the molecule is CC1(C)CCC[C@@]2(C)C1CC[C@@](C)(O)[C@@H]2CCC(C)(O)C(O)CN1CCN(c2ccccc2)CC1. The lowest BCUT2D eigenvalue weighted by atomic mass is 9.45. The molecule has 3 unspecified atom stereocenters. The van der Waals surface area contributed by atoms with E-state index in [2.05, 4.69) is 54.8 Å². The fraction of sp³-hybridized carbons (Fsp3) is 0.800. The van der Waals surface area contributed by atoms with E-state index in [1.165, 1.54) is 18.5 Å². The van der Waals surface area contributed by atoms with Gasteiger partial charge in [-0.25, -0.2) is 0 Å². The Balaban J connectivity index is 1.35. The van der Waals surface area contributed by atoms with Crippen LogP contribution in [0.1, 0.15) is 79.6 Å². The van der Waals surface area contributed by atoms with Crippen LogP contribution in [0.25, 0.3) is 0 Å². The number of piperazine rings is 1. The molecule has 1 heterocycles. The van der Waals surface area contributed by atoms with E-state index in [-0.39, 0.29) is 11.3 Å². The van der Waals surface area contributed by atoms with Crippen LogP contribution in [0.15, 0.2) is 30.3 Å². The minimum atomic E-state index is -1.17. The second-order valence-corrected chi connectivity index (χ2v) is 13.4. The lowest BCUT2D eigenvalue weighted by Gasteiger charge is -2.61. The molecule has 0 bridgehead atoms. The largest absolute Gasteiger partial charge is 0.390 e. The fourth-order valence-electron chi connectivity index (χ4n) is 8.14. The highest BCUT2D eigenvalue weighted by molar-refractivity contribution is 5.46. The number of anilines is 1. The van der Waals surface area contributed by atoms with E-state index in [9.17, 15) is 15.3 Å². The van der Waals surface area contributed by atoms with Gasteiger partial charge in [-0.2, -0.15) is 0 Å². The molecule has 2 saturated carbocycles. The third-order valence-electron chi connectivity index (χ3n) is 10.3. The number of fused-ring (bicyclic) bond motifs is 1. The van der Waals surface area contributed by atoms with Crippen molar-refractivity contribution >= 4 is 5.69 Å². The maximum atomic E-state index is 11.5. The van der Waals surface area contributed by atoms with Gasteiger partial charge in [-0.15, -0.1) is 0 Å². The van der Waals surface area contributed by atoms with Gasteiger partial charge in [-0.3, -0.25) is 4.90 Å². The van der Waals surface area contributed by atoms with Crippen LogP contribution in [0.3, 0.4) is 0 Å². The number of para-hydroxylation sites is 1. The lowest BCUT2D eigenvalue weighted by molar-refractivity contribution is -0.176. The fourth-order valence-corrected chi connectivity index (χ4v) is 8.14. The molecule has 5 heteroatoms. The predicted molar refractivity (Wildman–Crippen MR) is 144 cm³/mol. The number of nitrogens with zero attached hydrogens (tertiary/aromatic N) is 2. The molecule has 0 radical (unpaired) electrons. The third kappa shape index (κ3) is 5.58. The van der Waals surface area contributed by atoms with Crippen molar-refractivity contribution in [3.8, 4) is 0 Å². The summed E-state index contributed by atoms with van der Waals surface area (Å²) in [5, 5.41) is 33.9. The normalized spacial score (nSPS) is 36.3. The van der Waals surface area contributed by atoms with Crippen LogP contribution in [-0.2, 0) is 0 Å². The Bertz CT molecular complexity index is 831. The minimum absolute atomic E-state index is 0.0816. The average Bonchev–Trinajstić information content (AvgIpc) is 2.78.